The summed E-state index contributed by atoms with van der Waals surface area (Å²) < 4.78 is 15.7. The number of nitrogens with one attached hydrogen (secondary N) is 1. The van der Waals surface area contributed by atoms with E-state index < -0.39 is 11.9 Å². The van der Waals surface area contributed by atoms with Gasteiger partial charge in [-0.1, -0.05) is 6.07 Å². The van der Waals surface area contributed by atoms with Crippen LogP contribution >= 0.6 is 11.3 Å². The molecule has 1 aromatic heterocycles. The first-order valence-corrected chi connectivity index (χ1v) is 10.8. The second-order valence-electron chi connectivity index (χ2n) is 6.87. The van der Waals surface area contributed by atoms with Gasteiger partial charge in [-0.05, 0) is 61.9 Å². The SMILES string of the molecule is CCOC(=O)c1c(NC(=O)C(C#N)=Cc2ccc(OC)c(OC)c2)sc2c1CCCC2. The molecule has 1 amide bonds. The molecule has 0 radical (unpaired) electrons. The van der Waals surface area contributed by atoms with Gasteiger partial charge >= 0.3 is 5.97 Å². The lowest BCUT2D eigenvalue weighted by atomic mass is 9.95. The number of methoxy groups -OCH3 is 2. The van der Waals surface area contributed by atoms with E-state index in [-0.39, 0.29) is 12.2 Å². The highest BCUT2D eigenvalue weighted by Gasteiger charge is 2.27. The zero-order chi connectivity index (χ0) is 22.4. The van der Waals surface area contributed by atoms with E-state index in [1.807, 2.05) is 6.07 Å². The molecular weight excluding hydrogens is 416 g/mol. The van der Waals surface area contributed by atoms with E-state index in [0.717, 1.165) is 36.1 Å². The van der Waals surface area contributed by atoms with Crippen LogP contribution in [0.1, 0.15) is 46.1 Å². The lowest BCUT2D eigenvalue weighted by Crippen LogP contribution is -2.16. The van der Waals surface area contributed by atoms with Crippen LogP contribution in [0, 0.1) is 11.3 Å². The Kier molecular flexibility index (Phi) is 7.32. The van der Waals surface area contributed by atoms with Gasteiger partial charge < -0.3 is 19.5 Å². The summed E-state index contributed by atoms with van der Waals surface area (Å²) in [4.78, 5) is 26.5. The van der Waals surface area contributed by atoms with Gasteiger partial charge in [0.2, 0.25) is 0 Å². The predicted octanol–water partition coefficient (Wildman–Crippen LogP) is 4.37. The normalized spacial score (nSPS) is 13.0. The number of anilines is 1. The van der Waals surface area contributed by atoms with Crippen LogP contribution < -0.4 is 14.8 Å². The van der Waals surface area contributed by atoms with E-state index in [0.29, 0.717) is 27.6 Å². The second-order valence-corrected chi connectivity index (χ2v) is 7.98. The van der Waals surface area contributed by atoms with Crippen molar-refractivity contribution in [1.82, 2.24) is 0 Å². The molecule has 8 heteroatoms. The molecule has 162 valence electrons. The summed E-state index contributed by atoms with van der Waals surface area (Å²) in [6.07, 6.45) is 5.16. The van der Waals surface area contributed by atoms with E-state index in [1.165, 1.54) is 31.6 Å². The number of rotatable bonds is 7. The third kappa shape index (κ3) is 4.89. The van der Waals surface area contributed by atoms with Crippen LogP contribution in [0.4, 0.5) is 5.00 Å². The number of aryl methyl sites for hydroxylation is 1. The number of carbonyl (C=O) groups is 2. The molecule has 0 aliphatic heterocycles. The van der Waals surface area contributed by atoms with Crippen molar-refractivity contribution in [3.8, 4) is 17.6 Å². The molecule has 2 aromatic rings. The average molecular weight is 441 g/mol. The highest BCUT2D eigenvalue weighted by molar-refractivity contribution is 7.17. The largest absolute Gasteiger partial charge is 0.493 e. The van der Waals surface area contributed by atoms with E-state index in [1.54, 1.807) is 25.1 Å². The first-order chi connectivity index (χ1) is 15.0. The molecule has 1 aliphatic rings. The Hall–Kier alpha value is -3.31. The first-order valence-electron chi connectivity index (χ1n) is 9.99. The second kappa shape index (κ2) is 10.1. The zero-order valence-electron chi connectivity index (χ0n) is 17.7. The topological polar surface area (TPSA) is 97.7 Å². The molecule has 0 unspecified atom stereocenters. The van der Waals surface area contributed by atoms with Crippen molar-refractivity contribution in [3.05, 3.63) is 45.3 Å². The number of benzene rings is 1. The summed E-state index contributed by atoms with van der Waals surface area (Å²) >= 11 is 1.38. The number of hydrogen-bond acceptors (Lipinski definition) is 7. The quantitative estimate of drug-likeness (QED) is 0.390. The van der Waals surface area contributed by atoms with E-state index in [9.17, 15) is 14.9 Å². The van der Waals surface area contributed by atoms with Crippen molar-refractivity contribution >= 4 is 34.3 Å². The molecule has 1 N–H and O–H groups in total. The van der Waals surface area contributed by atoms with Gasteiger partial charge in [0, 0.05) is 4.88 Å². The van der Waals surface area contributed by atoms with Gasteiger partial charge in [-0.2, -0.15) is 5.26 Å². The fourth-order valence-corrected chi connectivity index (χ4v) is 4.77. The maximum Gasteiger partial charge on any atom is 0.341 e. The summed E-state index contributed by atoms with van der Waals surface area (Å²) in [6.45, 7) is 1.99. The Labute approximate surface area is 185 Å². The predicted molar refractivity (Wildman–Crippen MR) is 119 cm³/mol. The smallest absolute Gasteiger partial charge is 0.341 e. The van der Waals surface area contributed by atoms with E-state index in [2.05, 4.69) is 5.32 Å². The van der Waals surface area contributed by atoms with Crippen LogP contribution in [0.25, 0.3) is 6.08 Å². The number of nitriles is 1. The average Bonchev–Trinajstić information content (AvgIpc) is 3.15. The van der Waals surface area contributed by atoms with Crippen molar-refractivity contribution in [1.29, 1.82) is 5.26 Å². The number of carbonyl (C=O) groups excluding carboxylic acids is 2. The minimum Gasteiger partial charge on any atom is -0.493 e. The van der Waals surface area contributed by atoms with E-state index >= 15 is 0 Å². The fourth-order valence-electron chi connectivity index (χ4n) is 3.50. The van der Waals surface area contributed by atoms with Crippen molar-refractivity contribution in [2.75, 3.05) is 26.1 Å². The van der Waals surface area contributed by atoms with Gasteiger partial charge in [-0.3, -0.25) is 4.79 Å². The highest BCUT2D eigenvalue weighted by atomic mass is 32.1. The number of fused-ring (bicyclic) bond motifs is 1. The molecule has 7 nitrogen and oxygen atoms in total. The molecule has 1 aliphatic carbocycles. The molecule has 0 fully saturated rings. The number of nitrogens with zero attached hydrogens (tertiary/aromatic N) is 1. The highest BCUT2D eigenvalue weighted by Crippen LogP contribution is 2.39. The summed E-state index contributed by atoms with van der Waals surface area (Å²) in [5.41, 5.74) is 1.89. The summed E-state index contributed by atoms with van der Waals surface area (Å²) in [5, 5.41) is 12.8. The van der Waals surface area contributed by atoms with Crippen LogP contribution in [-0.2, 0) is 22.4 Å². The third-order valence-corrected chi connectivity index (χ3v) is 6.17. The Bertz CT molecular complexity index is 1060. The van der Waals surface area contributed by atoms with E-state index in [4.69, 9.17) is 14.2 Å². The van der Waals surface area contributed by atoms with Crippen molar-refractivity contribution < 1.29 is 23.8 Å². The van der Waals surface area contributed by atoms with Crippen LogP contribution in [0.2, 0.25) is 0 Å². The number of amides is 1. The van der Waals surface area contributed by atoms with Crippen LogP contribution in [0.3, 0.4) is 0 Å². The van der Waals surface area contributed by atoms with Gasteiger partial charge in [0.1, 0.15) is 16.6 Å². The first kappa shape index (κ1) is 22.4. The van der Waals surface area contributed by atoms with Crippen LogP contribution in [0.15, 0.2) is 23.8 Å². The molecule has 0 bridgehead atoms. The summed E-state index contributed by atoms with van der Waals surface area (Å²) in [7, 11) is 3.04. The molecule has 3 rings (SSSR count). The van der Waals surface area contributed by atoms with Crippen molar-refractivity contribution in [2.24, 2.45) is 0 Å². The molecular formula is C23H24N2O5S. The van der Waals surface area contributed by atoms with Gasteiger partial charge in [-0.15, -0.1) is 11.3 Å². The molecule has 1 aromatic carbocycles. The summed E-state index contributed by atoms with van der Waals surface area (Å²) in [5.74, 6) is 0.0105. The lowest BCUT2D eigenvalue weighted by Gasteiger charge is -2.12. The number of thiophene rings is 1. The van der Waals surface area contributed by atoms with Crippen molar-refractivity contribution in [3.63, 3.8) is 0 Å². The number of ether oxygens (including phenoxy) is 3. The minimum absolute atomic E-state index is 0.0894. The Morgan fingerprint density at radius 2 is 1.94 bits per heavy atom. The molecule has 0 saturated heterocycles. The Morgan fingerprint density at radius 3 is 2.61 bits per heavy atom. The van der Waals surface area contributed by atoms with Crippen molar-refractivity contribution in [2.45, 2.75) is 32.6 Å². The summed E-state index contributed by atoms with van der Waals surface area (Å²) in [6, 6.07) is 7.04. The molecule has 0 spiro atoms. The Morgan fingerprint density at radius 1 is 1.19 bits per heavy atom. The van der Waals surface area contributed by atoms with Gasteiger partial charge in [0.05, 0.1) is 26.4 Å². The standard InChI is InChI=1S/C23H24N2O5S/c1-4-30-23(27)20-16-7-5-6-8-19(16)31-22(20)25-21(26)15(13-24)11-14-9-10-17(28-2)18(12-14)29-3/h9-12H,4-8H2,1-3H3,(H,25,26). The number of esters is 1. The van der Waals surface area contributed by atoms with Crippen LogP contribution in [-0.4, -0.2) is 32.7 Å². The maximum atomic E-state index is 12.9. The maximum absolute atomic E-state index is 12.9. The molecule has 31 heavy (non-hydrogen) atoms. The zero-order valence-corrected chi connectivity index (χ0v) is 18.6. The van der Waals surface area contributed by atoms with Crippen LogP contribution in [0.5, 0.6) is 11.5 Å². The lowest BCUT2D eigenvalue weighted by molar-refractivity contribution is -0.112. The third-order valence-electron chi connectivity index (χ3n) is 4.96. The Balaban J connectivity index is 1.91. The molecule has 0 saturated carbocycles. The minimum atomic E-state index is -0.582. The van der Waals surface area contributed by atoms with Gasteiger partial charge in [0.25, 0.3) is 5.91 Å². The number of hydrogen-bond donors (Lipinski definition) is 1. The fraction of sp³-hybridized carbons (Fsp3) is 0.348. The monoisotopic (exact) mass is 440 g/mol. The molecule has 1 heterocycles. The molecule has 0 atom stereocenters. The van der Waals surface area contributed by atoms with Gasteiger partial charge in [0.15, 0.2) is 11.5 Å². The van der Waals surface area contributed by atoms with Gasteiger partial charge in [-0.25, -0.2) is 4.79 Å².